The molecule has 0 spiro atoms. The number of halogens is 4. The average Bonchev–Trinajstić information content (AvgIpc) is 2.60. The van der Waals surface area contributed by atoms with Gasteiger partial charge in [-0.2, -0.15) is 0 Å². The molecule has 0 aromatic heterocycles. The van der Waals surface area contributed by atoms with Crippen LogP contribution in [0.3, 0.4) is 0 Å². The smallest absolute Gasteiger partial charge is 0.405 e. The van der Waals surface area contributed by atoms with Crippen LogP contribution in [-0.2, 0) is 11.3 Å². The van der Waals surface area contributed by atoms with Crippen molar-refractivity contribution in [3.8, 4) is 5.75 Å². The van der Waals surface area contributed by atoms with E-state index in [9.17, 15) is 22.8 Å². The number of hydrogen-bond donors (Lipinski definition) is 2. The summed E-state index contributed by atoms with van der Waals surface area (Å²) in [5, 5.41) is 0. The summed E-state index contributed by atoms with van der Waals surface area (Å²) < 4.78 is 42.0. The number of nitrogens with one attached hydrogen (secondary N) is 2. The number of ether oxygens (including phenoxy) is 1. The molecule has 150 valence electrons. The maximum Gasteiger partial charge on any atom is 0.573 e. The second-order valence-electron chi connectivity index (χ2n) is 5.81. The van der Waals surface area contributed by atoms with E-state index in [1.807, 2.05) is 0 Å². The number of hydrazine groups is 1. The third-order valence-electron chi connectivity index (χ3n) is 3.49. The predicted molar refractivity (Wildman–Crippen MR) is 99.2 cm³/mol. The van der Waals surface area contributed by atoms with Gasteiger partial charge < -0.3 is 4.74 Å². The van der Waals surface area contributed by atoms with Crippen LogP contribution in [0.5, 0.6) is 5.75 Å². The SMILES string of the molecule is CN(CC(=O)NNC(=O)c1ccccc1Br)Cc1ccccc1OC(F)(F)F. The number of amides is 2. The summed E-state index contributed by atoms with van der Waals surface area (Å²) >= 11 is 3.24. The van der Waals surface area contributed by atoms with Crippen LogP contribution >= 0.6 is 15.9 Å². The highest BCUT2D eigenvalue weighted by atomic mass is 79.9. The minimum atomic E-state index is -4.80. The number of benzene rings is 2. The molecule has 0 bridgehead atoms. The first kappa shape index (κ1) is 21.7. The maximum absolute atomic E-state index is 12.5. The van der Waals surface area contributed by atoms with Crippen LogP contribution in [-0.4, -0.2) is 36.7 Å². The molecule has 2 aromatic rings. The lowest BCUT2D eigenvalue weighted by atomic mass is 10.2. The van der Waals surface area contributed by atoms with Crippen LogP contribution in [0, 0.1) is 0 Å². The third kappa shape index (κ3) is 6.86. The Balaban J connectivity index is 1.88. The first-order valence-corrected chi connectivity index (χ1v) is 8.81. The number of nitrogens with zero attached hydrogens (tertiary/aromatic N) is 1. The largest absolute Gasteiger partial charge is 0.573 e. The fourth-order valence-electron chi connectivity index (χ4n) is 2.33. The zero-order valence-electron chi connectivity index (χ0n) is 14.7. The molecule has 0 saturated heterocycles. The van der Waals surface area contributed by atoms with Crippen molar-refractivity contribution < 1.29 is 27.5 Å². The van der Waals surface area contributed by atoms with Gasteiger partial charge in [0, 0.05) is 16.6 Å². The second kappa shape index (κ2) is 9.56. The van der Waals surface area contributed by atoms with Crippen LogP contribution < -0.4 is 15.6 Å². The van der Waals surface area contributed by atoms with E-state index in [1.165, 1.54) is 23.1 Å². The van der Waals surface area contributed by atoms with Gasteiger partial charge in [0.2, 0.25) is 0 Å². The lowest BCUT2D eigenvalue weighted by Crippen LogP contribution is -2.45. The highest BCUT2D eigenvalue weighted by Crippen LogP contribution is 2.26. The van der Waals surface area contributed by atoms with Gasteiger partial charge in [0.1, 0.15) is 5.75 Å². The number of hydrogen-bond acceptors (Lipinski definition) is 4. The predicted octanol–water partition coefficient (Wildman–Crippen LogP) is 3.24. The molecule has 0 aliphatic heterocycles. The van der Waals surface area contributed by atoms with Gasteiger partial charge in [0.25, 0.3) is 11.8 Å². The summed E-state index contributed by atoms with van der Waals surface area (Å²) in [5.74, 6) is -1.37. The molecule has 2 aromatic carbocycles. The fraction of sp³-hybridized carbons (Fsp3) is 0.222. The van der Waals surface area contributed by atoms with Crippen LogP contribution in [0.2, 0.25) is 0 Å². The zero-order chi connectivity index (χ0) is 20.7. The Labute approximate surface area is 167 Å². The summed E-state index contributed by atoms with van der Waals surface area (Å²) in [6, 6.07) is 12.4. The Morgan fingerprint density at radius 3 is 2.39 bits per heavy atom. The molecule has 2 rings (SSSR count). The van der Waals surface area contributed by atoms with Gasteiger partial charge in [0.15, 0.2) is 0 Å². The number of para-hydroxylation sites is 1. The molecule has 0 fully saturated rings. The third-order valence-corrected chi connectivity index (χ3v) is 4.18. The van der Waals surface area contributed by atoms with Gasteiger partial charge in [-0.3, -0.25) is 25.3 Å². The minimum absolute atomic E-state index is 0.0395. The first-order chi connectivity index (χ1) is 13.2. The topological polar surface area (TPSA) is 70.7 Å². The van der Waals surface area contributed by atoms with E-state index in [0.29, 0.717) is 10.0 Å². The molecular formula is C18H17BrF3N3O3. The number of rotatable bonds is 6. The van der Waals surface area contributed by atoms with E-state index in [2.05, 4.69) is 31.5 Å². The van der Waals surface area contributed by atoms with Crippen LogP contribution in [0.1, 0.15) is 15.9 Å². The summed E-state index contributed by atoms with van der Waals surface area (Å²) in [6.45, 7) is -0.117. The molecule has 28 heavy (non-hydrogen) atoms. The van der Waals surface area contributed by atoms with Crippen molar-refractivity contribution in [2.75, 3.05) is 13.6 Å². The van der Waals surface area contributed by atoms with E-state index in [-0.39, 0.29) is 24.4 Å². The molecule has 0 heterocycles. The second-order valence-corrected chi connectivity index (χ2v) is 6.66. The number of carbonyl (C=O) groups is 2. The number of carbonyl (C=O) groups excluding carboxylic acids is 2. The van der Waals surface area contributed by atoms with Gasteiger partial charge in [-0.15, -0.1) is 13.2 Å². The summed E-state index contributed by atoms with van der Waals surface area (Å²) in [5.41, 5.74) is 5.16. The Kier molecular flexibility index (Phi) is 7.41. The average molecular weight is 460 g/mol. The summed E-state index contributed by atoms with van der Waals surface area (Å²) in [7, 11) is 1.56. The summed E-state index contributed by atoms with van der Waals surface area (Å²) in [6.07, 6.45) is -4.80. The molecular weight excluding hydrogens is 443 g/mol. The molecule has 0 aliphatic rings. The van der Waals surface area contributed by atoms with Crippen molar-refractivity contribution in [3.63, 3.8) is 0 Å². The van der Waals surface area contributed by atoms with E-state index in [1.54, 1.807) is 37.4 Å². The highest BCUT2D eigenvalue weighted by molar-refractivity contribution is 9.10. The van der Waals surface area contributed by atoms with Gasteiger partial charge in [0.05, 0.1) is 12.1 Å². The minimum Gasteiger partial charge on any atom is -0.405 e. The van der Waals surface area contributed by atoms with Crippen molar-refractivity contribution in [1.29, 1.82) is 0 Å². The fourth-order valence-corrected chi connectivity index (χ4v) is 2.79. The number of likely N-dealkylation sites (N-methyl/N-ethyl adjacent to an activating group) is 1. The maximum atomic E-state index is 12.5. The molecule has 0 atom stereocenters. The lowest BCUT2D eigenvalue weighted by molar-refractivity contribution is -0.275. The Bertz CT molecular complexity index is 846. The molecule has 6 nitrogen and oxygen atoms in total. The Hall–Kier alpha value is -2.59. The van der Waals surface area contributed by atoms with E-state index >= 15 is 0 Å². The summed E-state index contributed by atoms with van der Waals surface area (Å²) in [4.78, 5) is 25.5. The van der Waals surface area contributed by atoms with Crippen molar-refractivity contribution >= 4 is 27.7 Å². The highest BCUT2D eigenvalue weighted by Gasteiger charge is 2.32. The standard InChI is InChI=1S/C18H17BrF3N3O3/c1-25(10-12-6-2-5-9-15(12)28-18(20,21)22)11-16(26)23-24-17(27)13-7-3-4-8-14(13)19/h2-9H,10-11H2,1H3,(H,23,26)(H,24,27). The van der Waals surface area contributed by atoms with Crippen molar-refractivity contribution in [2.24, 2.45) is 0 Å². The molecule has 0 radical (unpaired) electrons. The zero-order valence-corrected chi connectivity index (χ0v) is 16.3. The molecule has 0 saturated carbocycles. The number of alkyl halides is 3. The molecule has 0 unspecified atom stereocenters. The van der Waals surface area contributed by atoms with Crippen LogP contribution in [0.15, 0.2) is 53.0 Å². The lowest BCUT2D eigenvalue weighted by Gasteiger charge is -2.19. The Morgan fingerprint density at radius 2 is 1.71 bits per heavy atom. The van der Waals surface area contributed by atoms with Crippen LogP contribution in [0.4, 0.5) is 13.2 Å². The molecule has 2 N–H and O–H groups in total. The monoisotopic (exact) mass is 459 g/mol. The van der Waals surface area contributed by atoms with Crippen molar-refractivity contribution in [2.45, 2.75) is 12.9 Å². The van der Waals surface area contributed by atoms with Gasteiger partial charge >= 0.3 is 6.36 Å². The Morgan fingerprint density at radius 1 is 1.07 bits per heavy atom. The molecule has 2 amide bonds. The normalized spacial score (nSPS) is 11.2. The van der Waals surface area contributed by atoms with Crippen molar-refractivity contribution in [1.82, 2.24) is 15.8 Å². The quantitative estimate of drug-likeness (QED) is 0.650. The van der Waals surface area contributed by atoms with Gasteiger partial charge in [-0.25, -0.2) is 0 Å². The van der Waals surface area contributed by atoms with E-state index < -0.39 is 18.2 Å². The van der Waals surface area contributed by atoms with Crippen LogP contribution in [0.25, 0.3) is 0 Å². The van der Waals surface area contributed by atoms with E-state index in [0.717, 1.165) is 0 Å². The van der Waals surface area contributed by atoms with Gasteiger partial charge in [-0.1, -0.05) is 30.3 Å². The first-order valence-electron chi connectivity index (χ1n) is 8.01. The molecule has 10 heteroatoms. The van der Waals surface area contributed by atoms with Crippen molar-refractivity contribution in [3.05, 3.63) is 64.1 Å². The molecule has 0 aliphatic carbocycles. The van der Waals surface area contributed by atoms with E-state index in [4.69, 9.17) is 0 Å². The van der Waals surface area contributed by atoms with Gasteiger partial charge in [-0.05, 0) is 41.2 Å².